The quantitative estimate of drug-likeness (QED) is 0.550. The van der Waals surface area contributed by atoms with Crippen LogP contribution in [-0.2, 0) is 12.8 Å². The number of benzene rings is 2. The highest BCUT2D eigenvalue weighted by Gasteiger charge is 2.19. The molecule has 1 aliphatic rings. The van der Waals surface area contributed by atoms with Crippen molar-refractivity contribution in [1.29, 1.82) is 0 Å². The Hall–Kier alpha value is -0.980. The molecule has 0 nitrogen and oxygen atoms in total. The summed E-state index contributed by atoms with van der Waals surface area (Å²) in [5, 5.41) is 1.66. The molecule has 80 valence electrons. The predicted octanol–water partition coefficient (Wildman–Crippen LogP) is 4.49. The molecule has 0 aromatic heterocycles. The molecule has 0 radical (unpaired) electrons. The lowest BCUT2D eigenvalue weighted by Gasteiger charge is -2.21. The zero-order valence-electron chi connectivity index (χ0n) is 8.63. The molecule has 0 atom stereocenters. The topological polar surface area (TPSA) is 0 Å². The maximum absolute atomic E-state index is 6.22. The van der Waals surface area contributed by atoms with Crippen molar-refractivity contribution in [3.05, 3.63) is 68.7 Å². The Labute approximate surface area is 105 Å². The van der Waals surface area contributed by atoms with Crippen molar-refractivity contribution in [2.24, 2.45) is 0 Å². The second kappa shape index (κ2) is 3.80. The highest BCUT2D eigenvalue weighted by atomic mass is 35.5. The maximum Gasteiger partial charge on any atom is 0.0445 e. The van der Waals surface area contributed by atoms with Crippen molar-refractivity contribution in [3.8, 4) is 0 Å². The van der Waals surface area contributed by atoms with Gasteiger partial charge in [-0.2, -0.15) is 0 Å². The lowest BCUT2D eigenvalue weighted by Crippen LogP contribution is -2.08. The standard InChI is InChI=1S/C14H10Cl2/c15-13-5-6-14(16)12-8-10-4-2-1-3-9(10)7-11(12)13/h1-6H,7-8H2. The molecule has 2 heteroatoms. The van der Waals surface area contributed by atoms with Crippen molar-refractivity contribution < 1.29 is 0 Å². The van der Waals surface area contributed by atoms with E-state index in [-0.39, 0.29) is 0 Å². The first kappa shape index (κ1) is 10.2. The van der Waals surface area contributed by atoms with Crippen LogP contribution in [0.2, 0.25) is 10.0 Å². The van der Waals surface area contributed by atoms with Crippen LogP contribution in [0.4, 0.5) is 0 Å². The summed E-state index contributed by atoms with van der Waals surface area (Å²) >= 11 is 12.4. The monoisotopic (exact) mass is 248 g/mol. The van der Waals surface area contributed by atoms with Crippen LogP contribution < -0.4 is 0 Å². The number of halogens is 2. The fourth-order valence-electron chi connectivity index (χ4n) is 2.30. The average Bonchev–Trinajstić information content (AvgIpc) is 2.32. The SMILES string of the molecule is Clc1ccc(Cl)c2c1Cc1ccccc1C2. The molecule has 2 aromatic carbocycles. The summed E-state index contributed by atoms with van der Waals surface area (Å²) in [6.07, 6.45) is 1.79. The van der Waals surface area contributed by atoms with Crippen LogP contribution in [0.25, 0.3) is 0 Å². The van der Waals surface area contributed by atoms with Gasteiger partial charge in [0, 0.05) is 10.0 Å². The summed E-state index contributed by atoms with van der Waals surface area (Å²) in [6.45, 7) is 0. The number of fused-ring (bicyclic) bond motifs is 2. The van der Waals surface area contributed by atoms with Crippen LogP contribution >= 0.6 is 23.2 Å². The molecule has 2 aromatic rings. The van der Waals surface area contributed by atoms with Crippen molar-refractivity contribution in [2.75, 3.05) is 0 Å². The molecule has 0 unspecified atom stereocenters. The van der Waals surface area contributed by atoms with E-state index < -0.39 is 0 Å². The van der Waals surface area contributed by atoms with Gasteiger partial charge in [0.25, 0.3) is 0 Å². The lowest BCUT2D eigenvalue weighted by molar-refractivity contribution is 1.00. The highest BCUT2D eigenvalue weighted by molar-refractivity contribution is 6.34. The molecule has 0 aliphatic heterocycles. The smallest absolute Gasteiger partial charge is 0.0445 e. The Morgan fingerprint density at radius 3 is 1.56 bits per heavy atom. The van der Waals surface area contributed by atoms with Gasteiger partial charge < -0.3 is 0 Å². The molecule has 0 N–H and O–H groups in total. The van der Waals surface area contributed by atoms with E-state index in [1.807, 2.05) is 12.1 Å². The van der Waals surface area contributed by atoms with Crippen molar-refractivity contribution >= 4 is 23.2 Å². The van der Waals surface area contributed by atoms with E-state index in [2.05, 4.69) is 24.3 Å². The molecule has 1 aliphatic carbocycles. The van der Waals surface area contributed by atoms with Gasteiger partial charge in [0.05, 0.1) is 0 Å². The minimum absolute atomic E-state index is 0.828. The molecule has 3 rings (SSSR count). The van der Waals surface area contributed by atoms with Crippen LogP contribution in [0.3, 0.4) is 0 Å². The molecule has 0 saturated carbocycles. The minimum atomic E-state index is 0.828. The third-order valence-corrected chi connectivity index (χ3v) is 3.88. The fourth-order valence-corrected chi connectivity index (χ4v) is 2.79. The summed E-state index contributed by atoms with van der Waals surface area (Å²) in [6, 6.07) is 12.2. The van der Waals surface area contributed by atoms with Gasteiger partial charge in [0.15, 0.2) is 0 Å². The van der Waals surface area contributed by atoms with Gasteiger partial charge >= 0.3 is 0 Å². The Morgan fingerprint density at radius 2 is 1.12 bits per heavy atom. The Bertz CT molecular complexity index is 509. The van der Waals surface area contributed by atoms with Gasteiger partial charge in [-0.25, -0.2) is 0 Å². The van der Waals surface area contributed by atoms with E-state index in [4.69, 9.17) is 23.2 Å². The summed E-state index contributed by atoms with van der Waals surface area (Å²) in [5.74, 6) is 0. The maximum atomic E-state index is 6.22. The van der Waals surface area contributed by atoms with Gasteiger partial charge in [0.2, 0.25) is 0 Å². The normalized spacial score (nSPS) is 13.1. The van der Waals surface area contributed by atoms with E-state index in [1.165, 1.54) is 22.3 Å². The molecule has 0 amide bonds. The largest absolute Gasteiger partial charge is 0.0840 e. The van der Waals surface area contributed by atoms with Gasteiger partial charge in [0.1, 0.15) is 0 Å². The first-order valence-electron chi connectivity index (χ1n) is 5.28. The van der Waals surface area contributed by atoms with E-state index >= 15 is 0 Å². The van der Waals surface area contributed by atoms with Gasteiger partial charge in [-0.1, -0.05) is 47.5 Å². The molecule has 16 heavy (non-hydrogen) atoms. The second-order valence-electron chi connectivity index (χ2n) is 4.11. The number of hydrogen-bond acceptors (Lipinski definition) is 0. The van der Waals surface area contributed by atoms with Crippen molar-refractivity contribution in [3.63, 3.8) is 0 Å². The molecule has 0 bridgehead atoms. The van der Waals surface area contributed by atoms with Crippen LogP contribution in [0.5, 0.6) is 0 Å². The lowest BCUT2D eigenvalue weighted by atomic mass is 9.86. The van der Waals surface area contributed by atoms with E-state index in [9.17, 15) is 0 Å². The zero-order chi connectivity index (χ0) is 11.1. The van der Waals surface area contributed by atoms with E-state index in [0.29, 0.717) is 0 Å². The number of hydrogen-bond donors (Lipinski definition) is 0. The number of rotatable bonds is 0. The van der Waals surface area contributed by atoms with Crippen molar-refractivity contribution in [1.82, 2.24) is 0 Å². The fraction of sp³-hybridized carbons (Fsp3) is 0.143. The zero-order valence-corrected chi connectivity index (χ0v) is 10.1. The van der Waals surface area contributed by atoms with Crippen LogP contribution in [0.15, 0.2) is 36.4 Å². The molecule has 0 spiro atoms. The summed E-state index contributed by atoms with van der Waals surface area (Å²) < 4.78 is 0. The van der Waals surface area contributed by atoms with Crippen LogP contribution in [0, 0.1) is 0 Å². The summed E-state index contributed by atoms with van der Waals surface area (Å²) in [5.41, 5.74) is 5.10. The van der Waals surface area contributed by atoms with Gasteiger partial charge in [-0.15, -0.1) is 0 Å². The third-order valence-electron chi connectivity index (χ3n) is 3.17. The third kappa shape index (κ3) is 1.53. The molecular formula is C14H10Cl2. The average molecular weight is 249 g/mol. The Balaban J connectivity index is 2.19. The molecule has 0 fully saturated rings. The van der Waals surface area contributed by atoms with Crippen LogP contribution in [-0.4, -0.2) is 0 Å². The van der Waals surface area contributed by atoms with Gasteiger partial charge in [-0.05, 0) is 47.2 Å². The van der Waals surface area contributed by atoms with E-state index in [0.717, 1.165) is 22.9 Å². The second-order valence-corrected chi connectivity index (χ2v) is 4.92. The first-order chi connectivity index (χ1) is 7.75. The minimum Gasteiger partial charge on any atom is -0.0840 e. The Morgan fingerprint density at radius 1 is 0.688 bits per heavy atom. The predicted molar refractivity (Wildman–Crippen MR) is 68.5 cm³/mol. The summed E-state index contributed by atoms with van der Waals surface area (Å²) in [7, 11) is 0. The van der Waals surface area contributed by atoms with Gasteiger partial charge in [-0.3, -0.25) is 0 Å². The first-order valence-corrected chi connectivity index (χ1v) is 6.04. The Kier molecular flexibility index (Phi) is 2.42. The van der Waals surface area contributed by atoms with Crippen LogP contribution in [0.1, 0.15) is 22.3 Å². The molecular weight excluding hydrogens is 239 g/mol. The summed E-state index contributed by atoms with van der Waals surface area (Å²) in [4.78, 5) is 0. The van der Waals surface area contributed by atoms with Crippen molar-refractivity contribution in [2.45, 2.75) is 12.8 Å². The van der Waals surface area contributed by atoms with E-state index in [1.54, 1.807) is 0 Å². The molecule has 0 heterocycles. The highest BCUT2D eigenvalue weighted by Crippen LogP contribution is 2.35. The molecule has 0 saturated heterocycles.